The van der Waals surface area contributed by atoms with Crippen LogP contribution in [0, 0.1) is 0 Å². The summed E-state index contributed by atoms with van der Waals surface area (Å²) in [4.78, 5) is 1.91. The van der Waals surface area contributed by atoms with E-state index < -0.39 is 31.4 Å². The van der Waals surface area contributed by atoms with Crippen LogP contribution in [0.3, 0.4) is 0 Å². The quantitative estimate of drug-likeness (QED) is 0.375. The van der Waals surface area contributed by atoms with E-state index in [1.165, 1.54) is 18.2 Å². The molecule has 0 atom stereocenters. The fourth-order valence-electron chi connectivity index (χ4n) is 1.63. The van der Waals surface area contributed by atoms with Gasteiger partial charge in [0.15, 0.2) is 0 Å². The standard InChI is InChI=1S/C14H19F3N2O5S2/c1-19(2)10-3-9-18-25(20,21)11-8-12-4-6-13(7-5-12)24-26(22,23)14(15,16)17/h4-8,11,18H,3,9-10H2,1-2H3/b11-8+. The van der Waals surface area contributed by atoms with Gasteiger partial charge < -0.3 is 9.08 Å². The molecule has 0 saturated heterocycles. The molecule has 0 radical (unpaired) electrons. The number of benzene rings is 1. The Hall–Kier alpha value is -1.63. The van der Waals surface area contributed by atoms with E-state index in [2.05, 4.69) is 8.91 Å². The van der Waals surface area contributed by atoms with Gasteiger partial charge in [0.2, 0.25) is 10.0 Å². The molecule has 0 aromatic heterocycles. The fraction of sp³-hybridized carbons (Fsp3) is 0.429. The maximum absolute atomic E-state index is 12.2. The smallest absolute Gasteiger partial charge is 0.376 e. The zero-order valence-corrected chi connectivity index (χ0v) is 15.7. The van der Waals surface area contributed by atoms with Gasteiger partial charge in [0.05, 0.1) is 0 Å². The lowest BCUT2D eigenvalue weighted by atomic mass is 10.2. The Balaban J connectivity index is 2.68. The van der Waals surface area contributed by atoms with E-state index in [0.29, 0.717) is 18.5 Å². The van der Waals surface area contributed by atoms with Crippen molar-refractivity contribution in [3.05, 3.63) is 35.2 Å². The Morgan fingerprint density at radius 3 is 2.19 bits per heavy atom. The number of nitrogens with one attached hydrogen (secondary N) is 1. The number of hydrogen-bond acceptors (Lipinski definition) is 6. The number of rotatable bonds is 9. The maximum atomic E-state index is 12.2. The van der Waals surface area contributed by atoms with E-state index in [1.807, 2.05) is 19.0 Å². The molecule has 7 nitrogen and oxygen atoms in total. The second-order valence-corrected chi connectivity index (χ2v) is 8.64. The molecule has 0 fully saturated rings. The molecule has 0 unspecified atom stereocenters. The number of nitrogens with zero attached hydrogens (tertiary/aromatic N) is 1. The Bertz CT molecular complexity index is 817. The number of halogens is 3. The summed E-state index contributed by atoms with van der Waals surface area (Å²) < 4.78 is 88.3. The lowest BCUT2D eigenvalue weighted by molar-refractivity contribution is -0.0500. The molecular formula is C14H19F3N2O5S2. The summed E-state index contributed by atoms with van der Waals surface area (Å²) >= 11 is 0. The molecule has 26 heavy (non-hydrogen) atoms. The van der Waals surface area contributed by atoms with Gasteiger partial charge in [-0.3, -0.25) is 0 Å². The van der Waals surface area contributed by atoms with E-state index >= 15 is 0 Å². The predicted octanol–water partition coefficient (Wildman–Crippen LogP) is 1.76. The highest BCUT2D eigenvalue weighted by Gasteiger charge is 2.48. The zero-order chi connectivity index (χ0) is 20.0. The van der Waals surface area contributed by atoms with Crippen LogP contribution in [-0.4, -0.2) is 54.4 Å². The molecule has 0 spiro atoms. The van der Waals surface area contributed by atoms with E-state index in [1.54, 1.807) is 0 Å². The van der Waals surface area contributed by atoms with Crippen LogP contribution in [0.2, 0.25) is 0 Å². The van der Waals surface area contributed by atoms with E-state index in [-0.39, 0.29) is 6.54 Å². The summed E-state index contributed by atoms with van der Waals surface area (Å²) in [5.74, 6) is -0.538. The first kappa shape index (κ1) is 22.4. The first-order valence-corrected chi connectivity index (χ1v) is 10.2. The SMILES string of the molecule is CN(C)CCCNS(=O)(=O)/C=C/c1ccc(OS(=O)(=O)C(F)(F)F)cc1. The molecule has 1 N–H and O–H groups in total. The Labute approximate surface area is 150 Å². The van der Waals surface area contributed by atoms with Gasteiger partial charge in [-0.15, -0.1) is 0 Å². The van der Waals surface area contributed by atoms with Gasteiger partial charge in [-0.05, 0) is 50.8 Å². The third-order valence-electron chi connectivity index (χ3n) is 2.89. The second kappa shape index (κ2) is 8.84. The number of alkyl halides is 3. The molecule has 0 heterocycles. The van der Waals surface area contributed by atoms with Crippen LogP contribution in [0.4, 0.5) is 13.2 Å². The monoisotopic (exact) mass is 416 g/mol. The van der Waals surface area contributed by atoms with Crippen LogP contribution >= 0.6 is 0 Å². The number of sulfonamides is 1. The predicted molar refractivity (Wildman–Crippen MR) is 91.2 cm³/mol. The topological polar surface area (TPSA) is 92.8 Å². The highest BCUT2D eigenvalue weighted by Crippen LogP contribution is 2.27. The average molecular weight is 416 g/mol. The maximum Gasteiger partial charge on any atom is 0.534 e. The minimum atomic E-state index is -5.75. The van der Waals surface area contributed by atoms with Gasteiger partial charge in [0.1, 0.15) is 5.75 Å². The van der Waals surface area contributed by atoms with E-state index in [0.717, 1.165) is 17.5 Å². The summed E-state index contributed by atoms with van der Waals surface area (Å²) in [7, 11) is -5.68. The van der Waals surface area contributed by atoms with Crippen LogP contribution in [0.15, 0.2) is 29.7 Å². The van der Waals surface area contributed by atoms with Crippen molar-refractivity contribution < 1.29 is 34.2 Å². The molecular weight excluding hydrogens is 397 g/mol. The molecule has 148 valence electrons. The second-order valence-electron chi connectivity index (χ2n) is 5.45. The van der Waals surface area contributed by atoms with Gasteiger partial charge in [-0.2, -0.15) is 21.6 Å². The van der Waals surface area contributed by atoms with Gasteiger partial charge in [-0.1, -0.05) is 12.1 Å². The minimum absolute atomic E-state index is 0.257. The van der Waals surface area contributed by atoms with Crippen molar-refractivity contribution in [1.82, 2.24) is 9.62 Å². The van der Waals surface area contributed by atoms with Crippen molar-refractivity contribution in [2.24, 2.45) is 0 Å². The van der Waals surface area contributed by atoms with Crippen LogP contribution < -0.4 is 8.91 Å². The van der Waals surface area contributed by atoms with Gasteiger partial charge >= 0.3 is 15.6 Å². The van der Waals surface area contributed by atoms with Crippen LogP contribution in [0.5, 0.6) is 5.75 Å². The highest BCUT2D eigenvalue weighted by atomic mass is 32.2. The lowest BCUT2D eigenvalue weighted by Gasteiger charge is -2.09. The molecule has 0 aliphatic carbocycles. The molecule has 0 aliphatic rings. The Kier molecular flexibility index (Phi) is 7.62. The summed E-state index contributed by atoms with van der Waals surface area (Å²) in [5.41, 5.74) is -5.20. The van der Waals surface area contributed by atoms with Crippen LogP contribution in [0.1, 0.15) is 12.0 Å². The molecule has 0 saturated carbocycles. The van der Waals surface area contributed by atoms with Crippen molar-refractivity contribution >= 4 is 26.2 Å². The molecule has 1 aromatic carbocycles. The van der Waals surface area contributed by atoms with Gasteiger partial charge in [0.25, 0.3) is 0 Å². The third-order valence-corrected chi connectivity index (χ3v) is 4.97. The van der Waals surface area contributed by atoms with Crippen LogP contribution in [-0.2, 0) is 20.1 Å². The molecule has 1 rings (SSSR count). The number of hydrogen-bond donors (Lipinski definition) is 1. The normalized spacial score (nSPS) is 13.5. The molecule has 0 bridgehead atoms. The summed E-state index contributed by atoms with van der Waals surface area (Å²) in [6, 6.07) is 4.42. The largest absolute Gasteiger partial charge is 0.534 e. The van der Waals surface area contributed by atoms with Crippen molar-refractivity contribution in [2.45, 2.75) is 11.9 Å². The van der Waals surface area contributed by atoms with Crippen LogP contribution in [0.25, 0.3) is 6.08 Å². The fourth-order valence-corrected chi connectivity index (χ4v) is 2.95. The third kappa shape index (κ3) is 7.72. The Morgan fingerprint density at radius 2 is 1.69 bits per heavy atom. The van der Waals surface area contributed by atoms with E-state index in [9.17, 15) is 30.0 Å². The Morgan fingerprint density at radius 1 is 1.12 bits per heavy atom. The van der Waals surface area contributed by atoms with Gasteiger partial charge in [0, 0.05) is 12.0 Å². The zero-order valence-electron chi connectivity index (χ0n) is 14.0. The van der Waals surface area contributed by atoms with Crippen molar-refractivity contribution in [2.75, 3.05) is 27.2 Å². The van der Waals surface area contributed by atoms with Crippen molar-refractivity contribution in [3.63, 3.8) is 0 Å². The first-order chi connectivity index (χ1) is 11.8. The highest BCUT2D eigenvalue weighted by molar-refractivity contribution is 7.92. The molecule has 0 aliphatic heterocycles. The lowest BCUT2D eigenvalue weighted by Crippen LogP contribution is -2.28. The minimum Gasteiger partial charge on any atom is -0.376 e. The van der Waals surface area contributed by atoms with Gasteiger partial charge in [-0.25, -0.2) is 13.1 Å². The molecule has 1 aromatic rings. The first-order valence-electron chi connectivity index (χ1n) is 7.26. The van der Waals surface area contributed by atoms with Crippen molar-refractivity contribution in [3.8, 4) is 5.75 Å². The average Bonchev–Trinajstić information content (AvgIpc) is 2.49. The molecule has 12 heteroatoms. The summed E-state index contributed by atoms with van der Waals surface area (Å²) in [5, 5.41) is 0.908. The van der Waals surface area contributed by atoms with E-state index in [4.69, 9.17) is 0 Å². The summed E-state index contributed by atoms with van der Waals surface area (Å²) in [6.07, 6.45) is 1.84. The van der Waals surface area contributed by atoms with Crippen molar-refractivity contribution in [1.29, 1.82) is 0 Å². The summed E-state index contributed by atoms with van der Waals surface area (Å²) in [6.45, 7) is 0.974. The molecule has 0 amide bonds.